The molecule has 0 aliphatic heterocycles. The summed E-state index contributed by atoms with van der Waals surface area (Å²) >= 11 is 0. The van der Waals surface area contributed by atoms with Crippen molar-refractivity contribution in [2.75, 3.05) is 5.73 Å². The Labute approximate surface area is 161 Å². The molecule has 0 aliphatic carbocycles. The first kappa shape index (κ1) is 19.2. The molecule has 142 valence electrons. The number of hydrogen-bond donors (Lipinski definition) is 1. The number of aldehydes is 1. The van der Waals surface area contributed by atoms with E-state index in [0.29, 0.717) is 12.1 Å². The van der Waals surface area contributed by atoms with Crippen LogP contribution in [0.15, 0.2) is 59.4 Å². The first-order valence-electron chi connectivity index (χ1n) is 8.83. The van der Waals surface area contributed by atoms with Crippen LogP contribution in [0.2, 0.25) is 0 Å². The first-order valence-corrected chi connectivity index (χ1v) is 8.83. The van der Waals surface area contributed by atoms with Crippen molar-refractivity contribution in [3.63, 3.8) is 0 Å². The van der Waals surface area contributed by atoms with Gasteiger partial charge in [0.15, 0.2) is 5.78 Å². The monoisotopic (exact) mass is 378 g/mol. The zero-order valence-electron chi connectivity index (χ0n) is 15.3. The number of halogens is 1. The number of aromatic nitrogens is 1. The molecule has 3 rings (SSSR count). The highest BCUT2D eigenvalue weighted by Crippen LogP contribution is 2.21. The molecular formula is C22H19FN2O3. The fraction of sp³-hybridized carbons (Fsp3) is 0.136. The number of carbonyl (C=O) groups excluding carboxylic acids is 2. The summed E-state index contributed by atoms with van der Waals surface area (Å²) < 4.78 is 15.6. The molecule has 0 atom stereocenters. The lowest BCUT2D eigenvalue weighted by Gasteiger charge is -2.14. The van der Waals surface area contributed by atoms with Crippen LogP contribution < -0.4 is 11.3 Å². The van der Waals surface area contributed by atoms with Gasteiger partial charge in [0.1, 0.15) is 17.9 Å². The van der Waals surface area contributed by atoms with E-state index in [4.69, 9.17) is 5.73 Å². The van der Waals surface area contributed by atoms with Crippen molar-refractivity contribution >= 4 is 17.9 Å². The van der Waals surface area contributed by atoms with E-state index in [1.54, 1.807) is 30.3 Å². The number of nitrogen functional groups attached to an aromatic ring is 1. The van der Waals surface area contributed by atoms with E-state index in [-0.39, 0.29) is 23.4 Å². The van der Waals surface area contributed by atoms with Crippen molar-refractivity contribution in [2.45, 2.75) is 19.8 Å². The second-order valence-corrected chi connectivity index (χ2v) is 6.34. The number of rotatable bonds is 6. The number of anilines is 1. The van der Waals surface area contributed by atoms with E-state index in [1.165, 1.54) is 28.8 Å². The summed E-state index contributed by atoms with van der Waals surface area (Å²) in [6.45, 7) is 1.89. The van der Waals surface area contributed by atoms with E-state index in [2.05, 4.69) is 0 Å². The molecule has 6 heteroatoms. The lowest BCUT2D eigenvalue weighted by Crippen LogP contribution is -2.23. The Morgan fingerprint density at radius 2 is 1.68 bits per heavy atom. The minimum atomic E-state index is -0.625. The van der Waals surface area contributed by atoms with Crippen molar-refractivity contribution in [1.29, 1.82) is 0 Å². The van der Waals surface area contributed by atoms with E-state index >= 15 is 0 Å². The van der Waals surface area contributed by atoms with Crippen LogP contribution in [0.1, 0.15) is 34.0 Å². The third-order valence-electron chi connectivity index (χ3n) is 4.57. The third-order valence-corrected chi connectivity index (χ3v) is 4.57. The topological polar surface area (TPSA) is 82.2 Å². The molecule has 0 fully saturated rings. The Balaban J connectivity index is 2.07. The lowest BCUT2D eigenvalue weighted by atomic mass is 10.0. The second kappa shape index (κ2) is 8.00. The summed E-state index contributed by atoms with van der Waals surface area (Å²) in [4.78, 5) is 35.8. The number of hydrogen-bond acceptors (Lipinski definition) is 4. The standard InChI is InChI=1S/C22H19FN2O3/c1-2-14-5-8-17(19(23)13-14)21(28)18-9-10-20(27)25(22(18)24)16-6-3-15(4-7-16)11-12-26/h3-10,12-13H,2,11,24H2,1H3. The van der Waals surface area contributed by atoms with E-state index in [9.17, 15) is 18.8 Å². The summed E-state index contributed by atoms with van der Waals surface area (Å²) in [7, 11) is 0. The zero-order chi connectivity index (χ0) is 20.3. The molecule has 0 spiro atoms. The van der Waals surface area contributed by atoms with Gasteiger partial charge in [-0.05, 0) is 47.9 Å². The van der Waals surface area contributed by atoms with Gasteiger partial charge in [-0.15, -0.1) is 0 Å². The Kier molecular flexibility index (Phi) is 5.49. The van der Waals surface area contributed by atoms with Crippen molar-refractivity contribution in [2.24, 2.45) is 0 Å². The maximum atomic E-state index is 14.4. The Bertz CT molecular complexity index is 1100. The van der Waals surface area contributed by atoms with Crippen LogP contribution in [0.4, 0.5) is 10.2 Å². The van der Waals surface area contributed by atoms with Crippen molar-refractivity contribution in [3.8, 4) is 5.69 Å². The Morgan fingerprint density at radius 3 is 2.29 bits per heavy atom. The highest BCUT2D eigenvalue weighted by atomic mass is 19.1. The molecule has 0 aliphatic rings. The van der Waals surface area contributed by atoms with Crippen LogP contribution in [0, 0.1) is 5.82 Å². The number of nitrogens with two attached hydrogens (primary N) is 1. The van der Waals surface area contributed by atoms with Crippen molar-refractivity contribution in [3.05, 3.63) is 93.0 Å². The molecule has 1 aromatic heterocycles. The Hall–Kier alpha value is -3.54. The van der Waals surface area contributed by atoms with Gasteiger partial charge in [-0.2, -0.15) is 0 Å². The third kappa shape index (κ3) is 3.62. The van der Waals surface area contributed by atoms with Crippen molar-refractivity contribution < 1.29 is 14.0 Å². The second-order valence-electron chi connectivity index (χ2n) is 6.34. The molecule has 0 saturated heterocycles. The van der Waals surface area contributed by atoms with Gasteiger partial charge in [-0.25, -0.2) is 4.39 Å². The van der Waals surface area contributed by atoms with E-state index in [1.807, 2.05) is 6.92 Å². The SMILES string of the molecule is CCc1ccc(C(=O)c2ccc(=O)n(-c3ccc(CC=O)cc3)c2N)c(F)c1. The van der Waals surface area contributed by atoms with Gasteiger partial charge < -0.3 is 10.5 Å². The summed E-state index contributed by atoms with van der Waals surface area (Å²) in [5, 5.41) is 0. The molecular weight excluding hydrogens is 359 g/mol. The predicted octanol–water partition coefficient (Wildman–Crippen LogP) is 3.09. The molecule has 2 aromatic carbocycles. The molecule has 0 amide bonds. The molecule has 0 unspecified atom stereocenters. The molecule has 2 N–H and O–H groups in total. The quantitative estimate of drug-likeness (QED) is 0.528. The van der Waals surface area contributed by atoms with Crippen LogP contribution in [0.25, 0.3) is 5.69 Å². The average molecular weight is 378 g/mol. The number of ketones is 1. The van der Waals surface area contributed by atoms with Crippen LogP contribution in [0.3, 0.4) is 0 Å². The normalized spacial score (nSPS) is 10.6. The summed E-state index contributed by atoms with van der Waals surface area (Å²) in [6.07, 6.45) is 1.70. The fourth-order valence-electron chi connectivity index (χ4n) is 3.00. The Morgan fingerprint density at radius 1 is 1.04 bits per heavy atom. The van der Waals surface area contributed by atoms with E-state index < -0.39 is 17.2 Å². The number of carbonyl (C=O) groups is 2. The van der Waals surface area contributed by atoms with Gasteiger partial charge in [0.05, 0.1) is 16.8 Å². The highest BCUT2D eigenvalue weighted by molar-refractivity contribution is 6.11. The maximum absolute atomic E-state index is 14.4. The average Bonchev–Trinajstić information content (AvgIpc) is 2.69. The molecule has 28 heavy (non-hydrogen) atoms. The van der Waals surface area contributed by atoms with Gasteiger partial charge in [-0.3, -0.25) is 14.2 Å². The van der Waals surface area contributed by atoms with Crippen LogP contribution in [-0.2, 0) is 17.6 Å². The van der Waals surface area contributed by atoms with Gasteiger partial charge >= 0.3 is 0 Å². The van der Waals surface area contributed by atoms with Crippen LogP contribution in [-0.4, -0.2) is 16.6 Å². The van der Waals surface area contributed by atoms with Gasteiger partial charge in [0, 0.05) is 12.5 Å². The molecule has 1 heterocycles. The highest BCUT2D eigenvalue weighted by Gasteiger charge is 2.20. The summed E-state index contributed by atoms with van der Waals surface area (Å²) in [6, 6.07) is 13.7. The summed E-state index contributed by atoms with van der Waals surface area (Å²) in [5.74, 6) is -1.29. The molecule has 0 radical (unpaired) electrons. The fourth-order valence-corrected chi connectivity index (χ4v) is 3.00. The minimum Gasteiger partial charge on any atom is -0.384 e. The van der Waals surface area contributed by atoms with Gasteiger partial charge in [-0.1, -0.05) is 25.1 Å². The molecule has 0 bridgehead atoms. The maximum Gasteiger partial charge on any atom is 0.256 e. The minimum absolute atomic E-state index is 0.0414. The first-order chi connectivity index (χ1) is 13.5. The smallest absolute Gasteiger partial charge is 0.256 e. The number of benzene rings is 2. The van der Waals surface area contributed by atoms with E-state index in [0.717, 1.165) is 17.4 Å². The largest absolute Gasteiger partial charge is 0.384 e. The lowest BCUT2D eigenvalue weighted by molar-refractivity contribution is -0.107. The van der Waals surface area contributed by atoms with Crippen molar-refractivity contribution in [1.82, 2.24) is 4.57 Å². The number of aryl methyl sites for hydroxylation is 1. The zero-order valence-corrected chi connectivity index (χ0v) is 15.3. The van der Waals surface area contributed by atoms with Gasteiger partial charge in [0.2, 0.25) is 0 Å². The predicted molar refractivity (Wildman–Crippen MR) is 105 cm³/mol. The summed E-state index contributed by atoms with van der Waals surface area (Å²) in [5.41, 5.74) is 7.66. The molecule has 3 aromatic rings. The van der Waals surface area contributed by atoms with Gasteiger partial charge in [0.25, 0.3) is 5.56 Å². The van der Waals surface area contributed by atoms with Crippen LogP contribution in [0.5, 0.6) is 0 Å². The van der Waals surface area contributed by atoms with Crippen LogP contribution >= 0.6 is 0 Å². The molecule has 0 saturated carbocycles. The molecule has 5 nitrogen and oxygen atoms in total. The number of pyridine rings is 1. The number of nitrogens with zero attached hydrogens (tertiary/aromatic N) is 1.